The van der Waals surface area contributed by atoms with E-state index in [2.05, 4.69) is 63.8 Å². The van der Waals surface area contributed by atoms with Gasteiger partial charge in [-0.3, -0.25) is 0 Å². The molecular formula is C56H70N4. The molecule has 9 atom stereocenters. The number of fused-ring (bicyclic) bond motifs is 6. The van der Waals surface area contributed by atoms with Gasteiger partial charge in [-0.05, 0) is 216 Å². The maximum atomic E-state index is 10.1. The van der Waals surface area contributed by atoms with Crippen LogP contribution >= 0.6 is 0 Å². The molecule has 11 rings (SSSR count). The van der Waals surface area contributed by atoms with Crippen LogP contribution in [0.5, 0.6) is 0 Å². The topological polar surface area (TPSA) is 57.4 Å². The Morgan fingerprint density at radius 3 is 1.90 bits per heavy atom. The summed E-state index contributed by atoms with van der Waals surface area (Å²) >= 11 is 0. The fourth-order valence-corrected chi connectivity index (χ4v) is 15.6. The van der Waals surface area contributed by atoms with Gasteiger partial charge in [-0.25, -0.2) is 0 Å². The number of aromatic nitrogens is 2. The predicted molar refractivity (Wildman–Crippen MR) is 244 cm³/mol. The summed E-state index contributed by atoms with van der Waals surface area (Å²) in [5.41, 5.74) is 18.1. The minimum atomic E-state index is 0.153. The van der Waals surface area contributed by atoms with Crippen LogP contribution in [0.3, 0.4) is 0 Å². The summed E-state index contributed by atoms with van der Waals surface area (Å²) in [7, 11) is 0. The van der Waals surface area contributed by atoms with Crippen molar-refractivity contribution in [2.75, 3.05) is 0 Å². The van der Waals surface area contributed by atoms with Gasteiger partial charge in [-0.2, -0.15) is 10.5 Å². The van der Waals surface area contributed by atoms with Gasteiger partial charge >= 0.3 is 0 Å². The lowest BCUT2D eigenvalue weighted by Gasteiger charge is -2.45. The Balaban J connectivity index is 1.01. The van der Waals surface area contributed by atoms with E-state index in [1.807, 2.05) is 0 Å². The zero-order chi connectivity index (χ0) is 40.2. The minimum Gasteiger partial charge on any atom is -0.341 e. The Morgan fingerprint density at radius 1 is 0.533 bits per heavy atom. The van der Waals surface area contributed by atoms with Crippen LogP contribution in [0.2, 0.25) is 0 Å². The molecule has 60 heavy (non-hydrogen) atoms. The van der Waals surface area contributed by atoms with E-state index in [-0.39, 0.29) is 11.8 Å². The smallest absolute Gasteiger partial charge is 0.0659 e. The highest BCUT2D eigenvalue weighted by Crippen LogP contribution is 2.54. The predicted octanol–water partition coefficient (Wildman–Crippen LogP) is 13.7. The Kier molecular flexibility index (Phi) is 11.0. The molecule has 0 N–H and O–H groups in total. The summed E-state index contributed by atoms with van der Waals surface area (Å²) in [6, 6.07) is 15.8. The Hall–Kier alpha value is -3.76. The average molecular weight is 799 g/mol. The van der Waals surface area contributed by atoms with Gasteiger partial charge in [0.25, 0.3) is 0 Å². The van der Waals surface area contributed by atoms with Gasteiger partial charge in [0.05, 0.1) is 24.1 Å². The summed E-state index contributed by atoms with van der Waals surface area (Å²) in [4.78, 5) is 0. The van der Waals surface area contributed by atoms with Crippen molar-refractivity contribution in [1.29, 1.82) is 10.5 Å². The molecule has 0 bridgehead atoms. The van der Waals surface area contributed by atoms with E-state index in [4.69, 9.17) is 0 Å². The molecule has 314 valence electrons. The molecule has 4 nitrogen and oxygen atoms in total. The molecule has 4 heteroatoms. The number of allylic oxidation sites excluding steroid dienone is 3. The molecule has 3 aromatic rings. The van der Waals surface area contributed by atoms with Gasteiger partial charge < -0.3 is 9.13 Å². The highest BCUT2D eigenvalue weighted by Gasteiger charge is 2.43. The molecule has 0 amide bonds. The third-order valence-corrected chi connectivity index (χ3v) is 18.1. The number of nitrogens with zero attached hydrogens (tertiary/aromatic N) is 4. The summed E-state index contributed by atoms with van der Waals surface area (Å²) < 4.78 is 5.81. The van der Waals surface area contributed by atoms with Crippen LogP contribution < -0.4 is 0 Å². The minimum absolute atomic E-state index is 0.153. The van der Waals surface area contributed by atoms with Crippen molar-refractivity contribution in [3.63, 3.8) is 0 Å². The molecule has 0 saturated heterocycles. The first-order valence-corrected chi connectivity index (χ1v) is 25.4. The molecule has 8 aliphatic carbocycles. The number of nitriles is 2. The Bertz CT molecular complexity index is 2190. The molecule has 9 unspecified atom stereocenters. The van der Waals surface area contributed by atoms with E-state index < -0.39 is 0 Å². The first-order chi connectivity index (χ1) is 29.7. The van der Waals surface area contributed by atoms with Gasteiger partial charge in [0.2, 0.25) is 0 Å². The van der Waals surface area contributed by atoms with Crippen LogP contribution in [0, 0.1) is 58.2 Å². The second-order valence-electron chi connectivity index (χ2n) is 21.2. The first kappa shape index (κ1) is 39.1. The normalized spacial score (nSPS) is 32.7. The zero-order valence-corrected chi connectivity index (χ0v) is 36.6. The first-order valence-electron chi connectivity index (χ1n) is 25.4. The summed E-state index contributed by atoms with van der Waals surface area (Å²) in [5.74, 6) is 4.47. The summed E-state index contributed by atoms with van der Waals surface area (Å²) in [6.45, 7) is 0. The molecule has 2 aromatic heterocycles. The van der Waals surface area contributed by atoms with E-state index in [0.717, 1.165) is 50.9 Å². The fraction of sp³-hybridized carbons (Fsp3) is 0.643. The zero-order valence-electron chi connectivity index (χ0n) is 36.6. The van der Waals surface area contributed by atoms with Crippen molar-refractivity contribution in [3.8, 4) is 12.1 Å². The molecule has 0 spiro atoms. The fourth-order valence-electron chi connectivity index (χ4n) is 15.6. The van der Waals surface area contributed by atoms with Gasteiger partial charge in [-0.15, -0.1) is 0 Å². The molecule has 2 heterocycles. The highest BCUT2D eigenvalue weighted by atomic mass is 15.1. The second kappa shape index (κ2) is 16.8. The molecular weight excluding hydrogens is 729 g/mol. The van der Waals surface area contributed by atoms with Crippen LogP contribution in [0.4, 0.5) is 0 Å². The molecule has 3 saturated carbocycles. The standard InChI is InChI=1S/C56H70N4/c57-35-37-14-13-15-39(30-37)43-16-1-3-18-45(43)47-20-5-6-21-48(47)46-19-4-2-17-44(46)40-32-41(59-53-25-10-7-22-49(53)50-23-8-11-26-54(50)59)34-42(33-40)60-55-27-12-9-24-51(55)52-31-38(36-58)28-29-56(52)60/h5-6,12,20-21,27,34,37-41,43-46H,1-4,7-11,13-19,22-26,28-33H2. The van der Waals surface area contributed by atoms with Crippen LogP contribution in [0.15, 0.2) is 36.4 Å². The molecule has 0 aliphatic heterocycles. The quantitative estimate of drug-likeness (QED) is 0.249. The van der Waals surface area contributed by atoms with Gasteiger partial charge in [0.15, 0.2) is 0 Å². The lowest BCUT2D eigenvalue weighted by Crippen LogP contribution is -2.33. The van der Waals surface area contributed by atoms with Crippen molar-refractivity contribution in [2.45, 2.75) is 191 Å². The lowest BCUT2D eigenvalue weighted by atomic mass is 9.61. The second-order valence-corrected chi connectivity index (χ2v) is 21.2. The number of hydrogen-bond donors (Lipinski definition) is 0. The van der Waals surface area contributed by atoms with Crippen molar-refractivity contribution >= 4 is 11.8 Å². The van der Waals surface area contributed by atoms with E-state index in [1.165, 1.54) is 140 Å². The van der Waals surface area contributed by atoms with E-state index in [1.54, 1.807) is 50.6 Å². The van der Waals surface area contributed by atoms with Crippen molar-refractivity contribution in [1.82, 2.24) is 9.13 Å². The summed E-state index contributed by atoms with van der Waals surface area (Å²) in [6.07, 6.45) is 41.6. The van der Waals surface area contributed by atoms with Crippen LogP contribution in [-0.2, 0) is 44.9 Å². The third kappa shape index (κ3) is 6.90. The third-order valence-electron chi connectivity index (χ3n) is 18.1. The SMILES string of the molecule is N#CC1CCc2c(c3c(n2C2=CC(n4c5c(c6c4CCCC6)CCCC5)CC(C4CCCCC4c4ccccc4C4CCCCC4C4CCCC(C#N)C4)C2)C=CCC3)C1. The Morgan fingerprint density at radius 2 is 1.20 bits per heavy atom. The van der Waals surface area contributed by atoms with E-state index in [0.29, 0.717) is 35.6 Å². The average Bonchev–Trinajstić information content (AvgIpc) is 3.84. The van der Waals surface area contributed by atoms with E-state index in [9.17, 15) is 10.5 Å². The van der Waals surface area contributed by atoms with Crippen molar-refractivity contribution in [2.24, 2.45) is 35.5 Å². The molecule has 8 aliphatic rings. The van der Waals surface area contributed by atoms with Crippen LogP contribution in [0.25, 0.3) is 11.8 Å². The molecule has 0 radical (unpaired) electrons. The number of hydrogen-bond acceptors (Lipinski definition) is 2. The van der Waals surface area contributed by atoms with Gasteiger partial charge in [0, 0.05) is 34.4 Å². The maximum Gasteiger partial charge on any atom is 0.0659 e. The molecule has 1 aromatic carbocycles. The lowest BCUT2D eigenvalue weighted by molar-refractivity contribution is 0.151. The van der Waals surface area contributed by atoms with Gasteiger partial charge in [0.1, 0.15) is 0 Å². The van der Waals surface area contributed by atoms with Gasteiger partial charge in [-0.1, -0.05) is 68.9 Å². The number of rotatable bonds is 6. The maximum absolute atomic E-state index is 10.1. The van der Waals surface area contributed by atoms with E-state index >= 15 is 0 Å². The number of benzene rings is 1. The van der Waals surface area contributed by atoms with Crippen molar-refractivity contribution < 1.29 is 0 Å². The highest BCUT2D eigenvalue weighted by molar-refractivity contribution is 5.67. The van der Waals surface area contributed by atoms with Crippen LogP contribution in [0.1, 0.15) is 202 Å². The summed E-state index contributed by atoms with van der Waals surface area (Å²) in [5, 5.41) is 20.1. The largest absolute Gasteiger partial charge is 0.341 e. The monoisotopic (exact) mass is 799 g/mol. The van der Waals surface area contributed by atoms with Crippen molar-refractivity contribution in [3.05, 3.63) is 92.6 Å². The molecule has 3 fully saturated rings. The van der Waals surface area contributed by atoms with Crippen LogP contribution in [-0.4, -0.2) is 9.13 Å². The Labute approximate surface area is 361 Å².